The summed E-state index contributed by atoms with van der Waals surface area (Å²) in [6, 6.07) is 0. The Morgan fingerprint density at radius 1 is 1.50 bits per heavy atom. The van der Waals surface area contributed by atoms with Crippen LogP contribution in [0.3, 0.4) is 0 Å². The van der Waals surface area contributed by atoms with Gasteiger partial charge in [-0.2, -0.15) is 0 Å². The number of aliphatic hydroxyl groups excluding tert-OH is 2. The number of hydrogen-bond donors (Lipinski definition) is 2. The van der Waals surface area contributed by atoms with E-state index in [-0.39, 0.29) is 6.61 Å². The monoisotopic (exact) mass is 118 g/mol. The summed E-state index contributed by atoms with van der Waals surface area (Å²) in [4.78, 5) is 0. The quantitative estimate of drug-likeness (QED) is 0.415. The van der Waals surface area contributed by atoms with Crippen LogP contribution >= 0.6 is 0 Å². The third kappa shape index (κ3) is 5.30. The first-order valence-corrected chi connectivity index (χ1v) is 2.43. The number of rotatable bonds is 4. The highest BCUT2D eigenvalue weighted by atomic mass is 16.5. The lowest BCUT2D eigenvalue weighted by Gasteiger charge is -1.94. The third-order valence-electron chi connectivity index (χ3n) is 0.577. The molecular weight excluding hydrogens is 108 g/mol. The topological polar surface area (TPSA) is 49.7 Å². The molecule has 3 nitrogen and oxygen atoms in total. The van der Waals surface area contributed by atoms with Crippen LogP contribution in [-0.4, -0.2) is 23.4 Å². The van der Waals surface area contributed by atoms with Crippen molar-refractivity contribution in [2.24, 2.45) is 0 Å². The summed E-state index contributed by atoms with van der Waals surface area (Å²) in [7, 11) is 0. The first-order valence-electron chi connectivity index (χ1n) is 2.43. The van der Waals surface area contributed by atoms with Crippen molar-refractivity contribution in [1.29, 1.82) is 0 Å². The van der Waals surface area contributed by atoms with E-state index >= 15 is 0 Å². The molecule has 0 heterocycles. The second-order valence-electron chi connectivity index (χ2n) is 1.23. The molecule has 0 amide bonds. The van der Waals surface area contributed by atoms with Gasteiger partial charge in [0, 0.05) is 13.0 Å². The fourth-order valence-corrected chi connectivity index (χ4v) is 0.259. The summed E-state index contributed by atoms with van der Waals surface area (Å²) in [5, 5.41) is 16.2. The van der Waals surface area contributed by atoms with E-state index in [1.165, 1.54) is 6.26 Å². The van der Waals surface area contributed by atoms with Gasteiger partial charge in [0.05, 0.1) is 6.61 Å². The van der Waals surface area contributed by atoms with Crippen molar-refractivity contribution in [3.05, 3.63) is 12.5 Å². The van der Waals surface area contributed by atoms with Gasteiger partial charge in [-0.25, -0.2) is 0 Å². The van der Waals surface area contributed by atoms with Crippen molar-refractivity contribution in [3.8, 4) is 0 Å². The van der Waals surface area contributed by atoms with Crippen LogP contribution in [0.4, 0.5) is 0 Å². The summed E-state index contributed by atoms with van der Waals surface area (Å²) in [5.74, 6) is 0. The van der Waals surface area contributed by atoms with Crippen LogP contribution in [0, 0.1) is 0 Å². The lowest BCUT2D eigenvalue weighted by Crippen LogP contribution is -1.90. The molecule has 0 spiro atoms. The van der Waals surface area contributed by atoms with E-state index in [4.69, 9.17) is 10.2 Å². The molecular formula is C5H10O3. The zero-order chi connectivity index (χ0) is 6.24. The maximum Gasteiger partial charge on any atom is 0.117 e. The molecule has 0 atom stereocenters. The standard InChI is InChI=1S/C5H10O3/c6-2-1-4-8-5-3-7/h3,5-7H,1-2,4H2. The molecule has 0 fully saturated rings. The molecule has 0 radical (unpaired) electrons. The molecule has 0 unspecified atom stereocenters. The Balaban J connectivity index is 2.72. The summed E-state index contributed by atoms with van der Waals surface area (Å²) in [6.07, 6.45) is 2.59. The van der Waals surface area contributed by atoms with Crippen molar-refractivity contribution < 1.29 is 14.9 Å². The van der Waals surface area contributed by atoms with Crippen LogP contribution < -0.4 is 0 Å². The molecule has 3 heteroatoms. The predicted octanol–water partition coefficient (Wildman–Crippen LogP) is 0.415. The largest absolute Gasteiger partial charge is 0.512 e. The van der Waals surface area contributed by atoms with Gasteiger partial charge in [-0.3, -0.25) is 0 Å². The van der Waals surface area contributed by atoms with E-state index < -0.39 is 0 Å². The zero-order valence-electron chi connectivity index (χ0n) is 4.58. The van der Waals surface area contributed by atoms with Gasteiger partial charge in [0.15, 0.2) is 0 Å². The Labute approximate surface area is 48.2 Å². The van der Waals surface area contributed by atoms with Crippen molar-refractivity contribution in [2.45, 2.75) is 6.42 Å². The Hall–Kier alpha value is -0.700. The van der Waals surface area contributed by atoms with Crippen molar-refractivity contribution in [2.75, 3.05) is 13.2 Å². The van der Waals surface area contributed by atoms with Crippen molar-refractivity contribution in [1.82, 2.24) is 0 Å². The molecule has 0 rings (SSSR count). The average Bonchev–Trinajstić information content (AvgIpc) is 1.81. The van der Waals surface area contributed by atoms with Crippen LogP contribution in [0.1, 0.15) is 6.42 Å². The lowest BCUT2D eigenvalue weighted by molar-refractivity contribution is 0.194. The highest BCUT2D eigenvalue weighted by Gasteiger charge is 1.78. The van der Waals surface area contributed by atoms with E-state index in [1.54, 1.807) is 0 Å². The molecule has 0 aromatic carbocycles. The molecule has 8 heavy (non-hydrogen) atoms. The van der Waals surface area contributed by atoms with Gasteiger partial charge in [0.25, 0.3) is 0 Å². The highest BCUT2D eigenvalue weighted by molar-refractivity contribution is 4.56. The summed E-state index contributed by atoms with van der Waals surface area (Å²) in [5.41, 5.74) is 0. The molecule has 0 saturated heterocycles. The lowest BCUT2D eigenvalue weighted by atomic mass is 10.5. The van der Waals surface area contributed by atoms with Crippen molar-refractivity contribution >= 4 is 0 Å². The van der Waals surface area contributed by atoms with E-state index in [1.807, 2.05) is 0 Å². The molecule has 0 aromatic rings. The van der Waals surface area contributed by atoms with E-state index in [0.717, 1.165) is 6.26 Å². The minimum Gasteiger partial charge on any atom is -0.512 e. The fraction of sp³-hybridized carbons (Fsp3) is 0.600. The van der Waals surface area contributed by atoms with Gasteiger partial charge in [0.2, 0.25) is 0 Å². The second-order valence-corrected chi connectivity index (χ2v) is 1.23. The fourth-order valence-electron chi connectivity index (χ4n) is 0.259. The number of hydrogen-bond acceptors (Lipinski definition) is 3. The van der Waals surface area contributed by atoms with Gasteiger partial charge in [0.1, 0.15) is 12.5 Å². The van der Waals surface area contributed by atoms with Gasteiger partial charge < -0.3 is 14.9 Å². The second kappa shape index (κ2) is 6.30. The van der Waals surface area contributed by atoms with Crippen LogP contribution in [-0.2, 0) is 4.74 Å². The minimum absolute atomic E-state index is 0.124. The van der Waals surface area contributed by atoms with Gasteiger partial charge in [-0.15, -0.1) is 0 Å². The molecule has 0 aromatic heterocycles. The highest BCUT2D eigenvalue weighted by Crippen LogP contribution is 1.79. The summed E-state index contributed by atoms with van der Waals surface area (Å²) >= 11 is 0. The van der Waals surface area contributed by atoms with E-state index in [9.17, 15) is 0 Å². The molecule has 0 aliphatic carbocycles. The van der Waals surface area contributed by atoms with Crippen LogP contribution in [0.2, 0.25) is 0 Å². The molecule has 2 N–H and O–H groups in total. The summed E-state index contributed by atoms with van der Waals surface area (Å²) < 4.78 is 4.63. The first-order chi connectivity index (χ1) is 3.91. The zero-order valence-corrected chi connectivity index (χ0v) is 4.58. The molecule has 0 saturated carbocycles. The van der Waals surface area contributed by atoms with Gasteiger partial charge >= 0.3 is 0 Å². The van der Waals surface area contributed by atoms with Gasteiger partial charge in [-0.1, -0.05) is 0 Å². The Morgan fingerprint density at radius 3 is 2.75 bits per heavy atom. The van der Waals surface area contributed by atoms with Crippen LogP contribution in [0.5, 0.6) is 0 Å². The average molecular weight is 118 g/mol. The Bertz CT molecular complexity index is 60.7. The Kier molecular flexibility index (Phi) is 5.75. The molecule has 0 aliphatic heterocycles. The SMILES string of the molecule is OC=COCCCO. The van der Waals surface area contributed by atoms with E-state index in [2.05, 4.69) is 4.74 Å². The normalized spacial score (nSPS) is 10.1. The van der Waals surface area contributed by atoms with Crippen molar-refractivity contribution in [3.63, 3.8) is 0 Å². The smallest absolute Gasteiger partial charge is 0.117 e. The first kappa shape index (κ1) is 7.30. The molecule has 0 bridgehead atoms. The van der Waals surface area contributed by atoms with Crippen LogP contribution in [0.25, 0.3) is 0 Å². The number of ether oxygens (including phenoxy) is 1. The third-order valence-corrected chi connectivity index (χ3v) is 0.577. The molecule has 48 valence electrons. The Morgan fingerprint density at radius 2 is 2.25 bits per heavy atom. The maximum atomic E-state index is 8.20. The maximum absolute atomic E-state index is 8.20. The van der Waals surface area contributed by atoms with E-state index in [0.29, 0.717) is 13.0 Å². The van der Waals surface area contributed by atoms with Crippen LogP contribution in [0.15, 0.2) is 12.5 Å². The van der Waals surface area contributed by atoms with Gasteiger partial charge in [-0.05, 0) is 0 Å². The number of aliphatic hydroxyl groups is 2. The summed E-state index contributed by atoms with van der Waals surface area (Å²) in [6.45, 7) is 0.576. The minimum atomic E-state index is 0.124. The molecule has 0 aliphatic rings. The predicted molar refractivity (Wildman–Crippen MR) is 29.4 cm³/mol.